The summed E-state index contributed by atoms with van der Waals surface area (Å²) in [6.45, 7) is 3.41. The molecule has 3 aromatic carbocycles. The van der Waals surface area contributed by atoms with Crippen LogP contribution in [0.2, 0.25) is 10.0 Å². The molecule has 162 valence electrons. The number of hydrogen-bond donors (Lipinski definition) is 1. The summed E-state index contributed by atoms with van der Waals surface area (Å²) in [5.74, 6) is -0.437. The Kier molecular flexibility index (Phi) is 7.38. The molecule has 0 aliphatic heterocycles. The van der Waals surface area contributed by atoms with E-state index in [9.17, 15) is 13.2 Å². The molecule has 0 aliphatic rings. The molecule has 3 rings (SSSR count). The lowest BCUT2D eigenvalue weighted by atomic mass is 10.1. The highest BCUT2D eigenvalue weighted by Crippen LogP contribution is 2.25. The van der Waals surface area contributed by atoms with Crippen LogP contribution in [0.15, 0.2) is 71.6 Å². The second-order valence-corrected chi connectivity index (χ2v) is 9.95. The summed E-state index contributed by atoms with van der Waals surface area (Å²) in [5.41, 5.74) is 3.15. The van der Waals surface area contributed by atoms with Crippen molar-refractivity contribution in [2.45, 2.75) is 25.3 Å². The first-order valence-corrected chi connectivity index (χ1v) is 11.7. The van der Waals surface area contributed by atoms with E-state index in [1.165, 1.54) is 12.1 Å². The third kappa shape index (κ3) is 5.86. The van der Waals surface area contributed by atoms with Crippen LogP contribution in [0.25, 0.3) is 0 Å². The van der Waals surface area contributed by atoms with Crippen molar-refractivity contribution in [1.29, 1.82) is 0 Å². The first kappa shape index (κ1) is 23.3. The zero-order chi connectivity index (χ0) is 22.6. The Morgan fingerprint density at radius 2 is 1.65 bits per heavy atom. The minimum Gasteiger partial charge on any atom is -0.325 e. The summed E-state index contributed by atoms with van der Waals surface area (Å²) in [7, 11) is -3.93. The number of carbonyl (C=O) groups excluding carboxylic acids is 1. The maximum absolute atomic E-state index is 13.3. The smallest absolute Gasteiger partial charge is 0.243 e. The molecule has 0 heterocycles. The van der Waals surface area contributed by atoms with E-state index in [1.54, 1.807) is 36.4 Å². The summed E-state index contributed by atoms with van der Waals surface area (Å²) in [6, 6.07) is 18.6. The van der Waals surface area contributed by atoms with Crippen molar-refractivity contribution in [3.63, 3.8) is 0 Å². The molecule has 0 bridgehead atoms. The van der Waals surface area contributed by atoms with Gasteiger partial charge in [-0.2, -0.15) is 4.31 Å². The van der Waals surface area contributed by atoms with Gasteiger partial charge in [-0.05, 0) is 60.9 Å². The van der Waals surface area contributed by atoms with E-state index in [4.69, 9.17) is 23.2 Å². The standard InChI is InChI=1S/C23H22Cl2N2O3S/c1-16-8-9-17(2)22(12-16)26-23(28)15-27(14-18-10-11-20(24)21(25)13-18)31(29,30)19-6-4-3-5-7-19/h3-13H,14-15H2,1-2H3,(H,26,28). The molecule has 0 fully saturated rings. The van der Waals surface area contributed by atoms with Crippen LogP contribution in [-0.2, 0) is 21.4 Å². The van der Waals surface area contributed by atoms with Gasteiger partial charge in [0.05, 0.1) is 21.5 Å². The number of nitrogens with one attached hydrogen (secondary N) is 1. The van der Waals surface area contributed by atoms with Crippen LogP contribution < -0.4 is 5.32 Å². The molecular formula is C23H22Cl2N2O3S. The number of carbonyl (C=O) groups is 1. The number of hydrogen-bond acceptors (Lipinski definition) is 3. The summed E-state index contributed by atoms with van der Waals surface area (Å²) >= 11 is 12.1. The normalized spacial score (nSPS) is 11.5. The Labute approximate surface area is 192 Å². The van der Waals surface area contributed by atoms with Gasteiger partial charge in [0.1, 0.15) is 0 Å². The van der Waals surface area contributed by atoms with Gasteiger partial charge in [0, 0.05) is 12.2 Å². The molecular weight excluding hydrogens is 455 g/mol. The van der Waals surface area contributed by atoms with Crippen LogP contribution in [0.3, 0.4) is 0 Å². The summed E-state index contributed by atoms with van der Waals surface area (Å²) in [4.78, 5) is 12.9. The van der Waals surface area contributed by atoms with E-state index in [1.807, 2.05) is 32.0 Å². The molecule has 0 saturated heterocycles. The van der Waals surface area contributed by atoms with Crippen LogP contribution in [0.4, 0.5) is 5.69 Å². The topological polar surface area (TPSA) is 66.5 Å². The predicted octanol–water partition coefficient (Wildman–Crippen LogP) is 5.44. The van der Waals surface area contributed by atoms with Crippen LogP contribution in [-0.4, -0.2) is 25.2 Å². The fourth-order valence-corrected chi connectivity index (χ4v) is 4.76. The zero-order valence-electron chi connectivity index (χ0n) is 17.1. The van der Waals surface area contributed by atoms with Crippen molar-refractivity contribution in [3.05, 3.63) is 93.5 Å². The van der Waals surface area contributed by atoms with Crippen LogP contribution in [0.5, 0.6) is 0 Å². The third-order valence-corrected chi connectivity index (χ3v) is 7.26. The van der Waals surface area contributed by atoms with E-state index in [0.29, 0.717) is 21.3 Å². The van der Waals surface area contributed by atoms with Crippen molar-refractivity contribution < 1.29 is 13.2 Å². The molecule has 0 aromatic heterocycles. The number of amides is 1. The quantitative estimate of drug-likeness (QED) is 0.493. The molecule has 8 heteroatoms. The first-order chi connectivity index (χ1) is 14.7. The van der Waals surface area contributed by atoms with Gasteiger partial charge in [-0.25, -0.2) is 8.42 Å². The number of rotatable bonds is 7. The predicted molar refractivity (Wildman–Crippen MR) is 125 cm³/mol. The highest BCUT2D eigenvalue weighted by atomic mass is 35.5. The molecule has 0 unspecified atom stereocenters. The van der Waals surface area contributed by atoms with Gasteiger partial charge in [-0.15, -0.1) is 0 Å². The maximum atomic E-state index is 13.3. The molecule has 1 N–H and O–H groups in total. The van der Waals surface area contributed by atoms with Crippen LogP contribution in [0, 0.1) is 13.8 Å². The fraction of sp³-hybridized carbons (Fsp3) is 0.174. The lowest BCUT2D eigenvalue weighted by Gasteiger charge is -2.22. The average Bonchev–Trinajstić information content (AvgIpc) is 2.73. The summed E-state index contributed by atoms with van der Waals surface area (Å²) in [5, 5.41) is 3.51. The van der Waals surface area contributed by atoms with Gasteiger partial charge in [0.15, 0.2) is 0 Å². The SMILES string of the molecule is Cc1ccc(C)c(NC(=O)CN(Cc2ccc(Cl)c(Cl)c2)S(=O)(=O)c2ccccc2)c1. The Bertz CT molecular complexity index is 1200. The minimum absolute atomic E-state index is 0.0334. The van der Waals surface area contributed by atoms with Crippen molar-refractivity contribution >= 4 is 44.8 Å². The molecule has 0 aliphatic carbocycles. The number of benzene rings is 3. The van der Waals surface area contributed by atoms with Gasteiger partial charge >= 0.3 is 0 Å². The monoisotopic (exact) mass is 476 g/mol. The Balaban J connectivity index is 1.90. The van der Waals surface area contributed by atoms with Crippen LogP contribution >= 0.6 is 23.2 Å². The molecule has 31 heavy (non-hydrogen) atoms. The second kappa shape index (κ2) is 9.83. The first-order valence-electron chi connectivity index (χ1n) is 9.53. The molecule has 0 spiro atoms. The summed E-state index contributed by atoms with van der Waals surface area (Å²) < 4.78 is 27.7. The van der Waals surface area contributed by atoms with E-state index in [-0.39, 0.29) is 18.0 Å². The zero-order valence-corrected chi connectivity index (χ0v) is 19.4. The minimum atomic E-state index is -3.93. The molecule has 0 atom stereocenters. The Hall–Kier alpha value is -2.38. The van der Waals surface area contributed by atoms with Crippen molar-refractivity contribution in [2.75, 3.05) is 11.9 Å². The van der Waals surface area contributed by atoms with Gasteiger partial charge in [0.2, 0.25) is 15.9 Å². The lowest BCUT2D eigenvalue weighted by molar-refractivity contribution is -0.116. The Morgan fingerprint density at radius 3 is 2.32 bits per heavy atom. The molecule has 1 amide bonds. The van der Waals surface area contributed by atoms with E-state index >= 15 is 0 Å². The number of sulfonamides is 1. The van der Waals surface area contributed by atoms with Crippen LogP contribution in [0.1, 0.15) is 16.7 Å². The van der Waals surface area contributed by atoms with Gasteiger partial charge in [-0.1, -0.05) is 59.6 Å². The van der Waals surface area contributed by atoms with Gasteiger partial charge < -0.3 is 5.32 Å². The number of anilines is 1. The number of halogens is 2. The molecule has 0 radical (unpaired) electrons. The fourth-order valence-electron chi connectivity index (χ4n) is 3.03. The van der Waals surface area contributed by atoms with Crippen molar-refractivity contribution in [3.8, 4) is 0 Å². The van der Waals surface area contributed by atoms with E-state index in [0.717, 1.165) is 15.4 Å². The van der Waals surface area contributed by atoms with Gasteiger partial charge in [0.25, 0.3) is 0 Å². The highest BCUT2D eigenvalue weighted by molar-refractivity contribution is 7.89. The largest absolute Gasteiger partial charge is 0.325 e. The molecule has 0 saturated carbocycles. The summed E-state index contributed by atoms with van der Waals surface area (Å²) in [6.07, 6.45) is 0. The van der Waals surface area contributed by atoms with Crippen molar-refractivity contribution in [2.24, 2.45) is 0 Å². The highest BCUT2D eigenvalue weighted by Gasteiger charge is 2.27. The lowest BCUT2D eigenvalue weighted by Crippen LogP contribution is -2.37. The van der Waals surface area contributed by atoms with E-state index in [2.05, 4.69) is 5.32 Å². The maximum Gasteiger partial charge on any atom is 0.243 e. The second-order valence-electron chi connectivity index (χ2n) is 7.20. The number of nitrogens with zero attached hydrogens (tertiary/aromatic N) is 1. The van der Waals surface area contributed by atoms with E-state index < -0.39 is 15.9 Å². The Morgan fingerprint density at radius 1 is 0.935 bits per heavy atom. The molecule has 3 aromatic rings. The number of aryl methyl sites for hydroxylation is 2. The van der Waals surface area contributed by atoms with Gasteiger partial charge in [-0.3, -0.25) is 4.79 Å². The third-order valence-electron chi connectivity index (χ3n) is 4.71. The van der Waals surface area contributed by atoms with Crippen molar-refractivity contribution in [1.82, 2.24) is 4.31 Å². The average molecular weight is 477 g/mol. The molecule has 5 nitrogen and oxygen atoms in total.